The maximum Gasteiger partial charge on any atom is 0.266 e. The molecule has 37 heavy (non-hydrogen) atoms. The molecule has 1 aliphatic carbocycles. The molecule has 1 fully saturated rings. The molecule has 2 heterocycles. The summed E-state index contributed by atoms with van der Waals surface area (Å²) in [5.41, 5.74) is 4.22. The molecular weight excluding hydrogens is 502 g/mol. The van der Waals surface area contributed by atoms with Crippen molar-refractivity contribution in [2.24, 2.45) is 0 Å². The number of aryl methyl sites for hydroxylation is 1. The second-order valence-electron chi connectivity index (χ2n) is 9.68. The molecule has 1 aliphatic rings. The van der Waals surface area contributed by atoms with E-state index < -0.39 is 0 Å². The van der Waals surface area contributed by atoms with Crippen molar-refractivity contribution in [1.82, 2.24) is 15.2 Å². The molecule has 0 saturated heterocycles. The van der Waals surface area contributed by atoms with Crippen LogP contribution in [-0.2, 0) is 6.54 Å². The zero-order valence-corrected chi connectivity index (χ0v) is 23.0. The van der Waals surface area contributed by atoms with Gasteiger partial charge in [0.1, 0.15) is 10.6 Å². The summed E-state index contributed by atoms with van der Waals surface area (Å²) >= 11 is 8.37. The molecule has 0 aliphatic heterocycles. The third-order valence-electron chi connectivity index (χ3n) is 7.50. The van der Waals surface area contributed by atoms with E-state index in [2.05, 4.69) is 16.4 Å². The molecule has 2 aromatic heterocycles. The van der Waals surface area contributed by atoms with Crippen molar-refractivity contribution >= 4 is 38.9 Å². The quantitative estimate of drug-likeness (QED) is 0.275. The van der Waals surface area contributed by atoms with Gasteiger partial charge in [-0.15, -0.1) is 11.3 Å². The zero-order chi connectivity index (χ0) is 25.9. The summed E-state index contributed by atoms with van der Waals surface area (Å²) in [6.45, 7) is 2.50. The minimum atomic E-state index is -0.00475. The Labute approximate surface area is 227 Å². The number of aromatic nitrogens is 1. The summed E-state index contributed by atoms with van der Waals surface area (Å²) < 4.78 is 6.79. The van der Waals surface area contributed by atoms with Gasteiger partial charge in [-0.2, -0.15) is 0 Å². The molecule has 2 aromatic carbocycles. The topological polar surface area (TPSA) is 54.5 Å². The van der Waals surface area contributed by atoms with E-state index in [9.17, 15) is 4.79 Å². The van der Waals surface area contributed by atoms with Crippen molar-refractivity contribution < 1.29 is 9.53 Å². The van der Waals surface area contributed by atoms with Crippen LogP contribution in [-0.4, -0.2) is 42.0 Å². The van der Waals surface area contributed by atoms with Gasteiger partial charge in [0.15, 0.2) is 0 Å². The molecule has 0 spiro atoms. The first kappa shape index (κ1) is 25.7. The molecule has 5 nitrogen and oxygen atoms in total. The lowest BCUT2D eigenvalue weighted by atomic mass is 9.89. The van der Waals surface area contributed by atoms with Gasteiger partial charge in [0.2, 0.25) is 0 Å². The van der Waals surface area contributed by atoms with Crippen molar-refractivity contribution in [2.45, 2.75) is 51.2 Å². The van der Waals surface area contributed by atoms with Crippen molar-refractivity contribution in [3.63, 3.8) is 0 Å². The highest BCUT2D eigenvalue weighted by Crippen LogP contribution is 2.39. The van der Waals surface area contributed by atoms with E-state index in [1.54, 1.807) is 19.5 Å². The fourth-order valence-corrected chi connectivity index (χ4v) is 7.03. The van der Waals surface area contributed by atoms with Crippen LogP contribution in [0.5, 0.6) is 5.75 Å². The van der Waals surface area contributed by atoms with Crippen molar-refractivity contribution in [3.05, 3.63) is 82.0 Å². The number of carbonyl (C=O) groups excluding carboxylic acids is 1. The minimum Gasteiger partial charge on any atom is -0.496 e. The molecule has 0 radical (unpaired) electrons. The number of nitrogens with zero attached hydrogens (tertiary/aromatic N) is 2. The number of ether oxygens (including phenoxy) is 1. The normalized spacial score (nSPS) is 17.6. The summed E-state index contributed by atoms with van der Waals surface area (Å²) in [5, 5.41) is 4.95. The van der Waals surface area contributed by atoms with E-state index in [0.29, 0.717) is 22.5 Å². The average Bonchev–Trinajstić information content (AvgIpc) is 3.29. The predicted octanol–water partition coefficient (Wildman–Crippen LogP) is 7.11. The van der Waals surface area contributed by atoms with Gasteiger partial charge in [-0.3, -0.25) is 9.78 Å². The van der Waals surface area contributed by atoms with Crippen LogP contribution in [0.3, 0.4) is 0 Å². The molecule has 192 valence electrons. The Morgan fingerprint density at radius 3 is 2.54 bits per heavy atom. The number of halogens is 1. The van der Waals surface area contributed by atoms with Crippen molar-refractivity contribution in [1.29, 1.82) is 0 Å². The van der Waals surface area contributed by atoms with E-state index in [1.165, 1.54) is 11.3 Å². The maximum absolute atomic E-state index is 14.2. The Kier molecular flexibility index (Phi) is 7.79. The van der Waals surface area contributed by atoms with E-state index in [1.807, 2.05) is 61.3 Å². The summed E-state index contributed by atoms with van der Waals surface area (Å²) in [5.74, 6) is 0.771. The number of pyridine rings is 1. The molecule has 4 aromatic rings. The Hall–Kier alpha value is -2.93. The largest absolute Gasteiger partial charge is 0.496 e. The van der Waals surface area contributed by atoms with Gasteiger partial charge in [0.25, 0.3) is 5.91 Å². The number of carbonyl (C=O) groups is 1. The Bertz CT molecular complexity index is 1400. The average molecular weight is 534 g/mol. The standard InChI is InChI=1S/C30H32ClN3O2S/c1-19-5-4-6-26-27(19)28(31)29(37-26)30(35)34(24-10-8-23(32-2)9-11-24)18-22-17-21(7-12-25(22)36-3)20-13-15-33-16-14-20/h4-7,12-17,23-24,32H,8-11,18H2,1-3H3. The molecule has 5 rings (SSSR count). The van der Waals surface area contributed by atoms with Crippen LogP contribution in [0.4, 0.5) is 0 Å². The van der Waals surface area contributed by atoms with Gasteiger partial charge >= 0.3 is 0 Å². The Morgan fingerprint density at radius 1 is 1.11 bits per heavy atom. The first-order valence-electron chi connectivity index (χ1n) is 12.7. The van der Waals surface area contributed by atoms with Gasteiger partial charge in [0, 0.05) is 46.7 Å². The molecule has 1 saturated carbocycles. The number of nitrogens with one attached hydrogen (secondary N) is 1. The smallest absolute Gasteiger partial charge is 0.266 e. The highest BCUT2D eigenvalue weighted by atomic mass is 35.5. The van der Waals surface area contributed by atoms with Gasteiger partial charge in [0.05, 0.1) is 12.1 Å². The second kappa shape index (κ2) is 11.2. The fraction of sp³-hybridized carbons (Fsp3) is 0.333. The number of hydrogen-bond donors (Lipinski definition) is 1. The third-order valence-corrected chi connectivity index (χ3v) is 9.13. The maximum atomic E-state index is 14.2. The van der Waals surface area contributed by atoms with E-state index in [-0.39, 0.29) is 11.9 Å². The van der Waals surface area contributed by atoms with Gasteiger partial charge in [-0.25, -0.2) is 0 Å². The number of amides is 1. The Morgan fingerprint density at radius 2 is 1.86 bits per heavy atom. The lowest BCUT2D eigenvalue weighted by molar-refractivity contribution is 0.0604. The summed E-state index contributed by atoms with van der Waals surface area (Å²) in [6.07, 6.45) is 7.56. The van der Waals surface area contributed by atoms with Crippen LogP contribution >= 0.6 is 22.9 Å². The van der Waals surface area contributed by atoms with Crippen LogP contribution in [0.25, 0.3) is 21.2 Å². The number of benzene rings is 2. The third kappa shape index (κ3) is 5.24. The van der Waals surface area contributed by atoms with Crippen LogP contribution in [0, 0.1) is 6.92 Å². The highest BCUT2D eigenvalue weighted by Gasteiger charge is 2.32. The SMILES string of the molecule is CNC1CCC(N(Cc2cc(-c3ccncc3)ccc2OC)C(=O)c2sc3cccc(C)c3c2Cl)CC1. The molecule has 0 bridgehead atoms. The molecule has 1 amide bonds. The minimum absolute atomic E-state index is 0.00475. The number of hydrogen-bond acceptors (Lipinski definition) is 5. The number of thiophene rings is 1. The first-order chi connectivity index (χ1) is 18.0. The zero-order valence-electron chi connectivity index (χ0n) is 21.5. The van der Waals surface area contributed by atoms with Gasteiger partial charge < -0.3 is 15.0 Å². The van der Waals surface area contributed by atoms with E-state index >= 15 is 0 Å². The summed E-state index contributed by atoms with van der Waals surface area (Å²) in [4.78, 5) is 21.0. The van der Waals surface area contributed by atoms with Crippen molar-refractivity contribution in [3.8, 4) is 16.9 Å². The van der Waals surface area contributed by atoms with Crippen LogP contribution in [0.1, 0.15) is 46.5 Å². The van der Waals surface area contributed by atoms with Crippen LogP contribution in [0.15, 0.2) is 60.9 Å². The van der Waals surface area contributed by atoms with Crippen molar-refractivity contribution in [2.75, 3.05) is 14.2 Å². The van der Waals surface area contributed by atoms with Gasteiger partial charge in [-0.1, -0.05) is 29.8 Å². The molecule has 0 unspecified atom stereocenters. The van der Waals surface area contributed by atoms with Gasteiger partial charge in [-0.05, 0) is 86.7 Å². The monoisotopic (exact) mass is 533 g/mol. The number of fused-ring (bicyclic) bond motifs is 1. The number of methoxy groups -OCH3 is 1. The van der Waals surface area contributed by atoms with E-state index in [4.69, 9.17) is 16.3 Å². The Balaban J connectivity index is 1.54. The summed E-state index contributed by atoms with van der Waals surface area (Å²) in [6, 6.07) is 16.9. The predicted molar refractivity (Wildman–Crippen MR) is 153 cm³/mol. The first-order valence-corrected chi connectivity index (χ1v) is 13.9. The summed E-state index contributed by atoms with van der Waals surface area (Å²) in [7, 11) is 3.70. The fourth-order valence-electron chi connectivity index (χ4n) is 5.40. The lowest BCUT2D eigenvalue weighted by Gasteiger charge is -2.37. The van der Waals surface area contributed by atoms with Crippen LogP contribution in [0.2, 0.25) is 5.02 Å². The van der Waals surface area contributed by atoms with Crippen LogP contribution < -0.4 is 10.1 Å². The second-order valence-corrected chi connectivity index (χ2v) is 11.1. The molecule has 7 heteroatoms. The lowest BCUT2D eigenvalue weighted by Crippen LogP contribution is -2.44. The van der Waals surface area contributed by atoms with E-state index in [0.717, 1.165) is 63.8 Å². The highest BCUT2D eigenvalue weighted by molar-refractivity contribution is 7.21. The number of rotatable bonds is 7. The molecular formula is C30H32ClN3O2S. The molecule has 0 atom stereocenters. The molecule has 1 N–H and O–H groups in total.